The molecular weight excluding hydrogens is 306 g/mol. The first-order valence-electron chi connectivity index (χ1n) is 8.32. The molecule has 1 fully saturated rings. The maximum atomic E-state index is 11.3. The van der Waals surface area contributed by atoms with Crippen LogP contribution in [0.25, 0.3) is 10.9 Å². The predicted molar refractivity (Wildman–Crippen MR) is 88.8 cm³/mol. The monoisotopic (exact) mass is 325 g/mol. The summed E-state index contributed by atoms with van der Waals surface area (Å²) in [5.41, 5.74) is 0.685. The summed E-state index contributed by atoms with van der Waals surface area (Å²) >= 11 is 0. The number of aromatic nitrogens is 5. The Morgan fingerprint density at radius 2 is 2.04 bits per heavy atom. The van der Waals surface area contributed by atoms with E-state index in [4.69, 9.17) is 4.74 Å². The lowest BCUT2D eigenvalue weighted by Crippen LogP contribution is -2.18. The van der Waals surface area contributed by atoms with E-state index in [1.165, 1.54) is 25.3 Å². The average molecular weight is 325 g/mol. The summed E-state index contributed by atoms with van der Waals surface area (Å²) in [6.07, 6.45) is 6.01. The van der Waals surface area contributed by atoms with Gasteiger partial charge in [0.05, 0.1) is 6.04 Å². The molecule has 1 aliphatic carbocycles. The Kier molecular flexibility index (Phi) is 3.98. The van der Waals surface area contributed by atoms with E-state index >= 15 is 0 Å². The molecule has 0 amide bonds. The SMILES string of the molecule is O=c1ccc2cc(OCc3nnnn3C3CCCCC3)ccc2[nH]1. The fourth-order valence-electron chi connectivity index (χ4n) is 3.29. The Labute approximate surface area is 138 Å². The number of nitrogens with one attached hydrogen (secondary N) is 1. The molecule has 0 bridgehead atoms. The number of ether oxygens (including phenoxy) is 1. The smallest absolute Gasteiger partial charge is 0.248 e. The second-order valence-electron chi connectivity index (χ2n) is 6.19. The van der Waals surface area contributed by atoms with E-state index < -0.39 is 0 Å². The summed E-state index contributed by atoms with van der Waals surface area (Å²) in [5, 5.41) is 13.0. The van der Waals surface area contributed by atoms with Crippen LogP contribution in [0.15, 0.2) is 35.1 Å². The van der Waals surface area contributed by atoms with Gasteiger partial charge in [-0.15, -0.1) is 5.10 Å². The third kappa shape index (κ3) is 3.02. The molecule has 0 saturated heterocycles. The lowest BCUT2D eigenvalue weighted by atomic mass is 9.96. The normalized spacial score (nSPS) is 15.7. The first-order chi connectivity index (χ1) is 11.8. The second kappa shape index (κ2) is 6.43. The van der Waals surface area contributed by atoms with Gasteiger partial charge in [0.25, 0.3) is 0 Å². The van der Waals surface area contributed by atoms with Crippen molar-refractivity contribution in [1.29, 1.82) is 0 Å². The molecule has 7 nitrogen and oxygen atoms in total. The Morgan fingerprint density at radius 3 is 2.92 bits per heavy atom. The highest BCUT2D eigenvalue weighted by atomic mass is 16.5. The number of hydrogen-bond donors (Lipinski definition) is 1. The zero-order valence-electron chi connectivity index (χ0n) is 13.3. The van der Waals surface area contributed by atoms with Crippen LogP contribution in [0.4, 0.5) is 0 Å². The van der Waals surface area contributed by atoms with Gasteiger partial charge in [-0.05, 0) is 47.5 Å². The van der Waals surface area contributed by atoms with E-state index in [0.717, 1.165) is 35.3 Å². The largest absolute Gasteiger partial charge is 0.486 e. The highest BCUT2D eigenvalue weighted by molar-refractivity contribution is 5.79. The molecule has 24 heavy (non-hydrogen) atoms. The molecule has 0 unspecified atom stereocenters. The van der Waals surface area contributed by atoms with Crippen molar-refractivity contribution in [1.82, 2.24) is 25.2 Å². The number of H-pyrrole nitrogens is 1. The molecule has 2 aromatic heterocycles. The van der Waals surface area contributed by atoms with Crippen LogP contribution in [0.2, 0.25) is 0 Å². The van der Waals surface area contributed by atoms with E-state index in [9.17, 15) is 4.79 Å². The van der Waals surface area contributed by atoms with Gasteiger partial charge in [-0.2, -0.15) is 0 Å². The van der Waals surface area contributed by atoms with Gasteiger partial charge in [-0.1, -0.05) is 19.3 Å². The Bertz CT molecular complexity index is 895. The van der Waals surface area contributed by atoms with Crippen LogP contribution in [0, 0.1) is 0 Å². The minimum atomic E-state index is -0.108. The average Bonchev–Trinajstić information content (AvgIpc) is 3.09. The third-order valence-electron chi connectivity index (χ3n) is 4.54. The first kappa shape index (κ1) is 14.9. The number of rotatable bonds is 4. The summed E-state index contributed by atoms with van der Waals surface area (Å²) in [6, 6.07) is 9.26. The van der Waals surface area contributed by atoms with Crippen molar-refractivity contribution in [3.8, 4) is 5.75 Å². The van der Waals surface area contributed by atoms with Gasteiger partial charge in [0, 0.05) is 17.0 Å². The summed E-state index contributed by atoms with van der Waals surface area (Å²) in [6.45, 7) is 0.332. The van der Waals surface area contributed by atoms with Crippen molar-refractivity contribution in [2.45, 2.75) is 44.8 Å². The second-order valence-corrected chi connectivity index (χ2v) is 6.19. The summed E-state index contributed by atoms with van der Waals surface area (Å²) in [7, 11) is 0. The molecule has 1 N–H and O–H groups in total. The molecule has 2 heterocycles. The maximum Gasteiger partial charge on any atom is 0.248 e. The number of aromatic amines is 1. The molecule has 0 radical (unpaired) electrons. The number of benzene rings is 1. The summed E-state index contributed by atoms with van der Waals surface area (Å²) in [5.74, 6) is 1.48. The number of pyridine rings is 1. The molecule has 0 aliphatic heterocycles. The van der Waals surface area contributed by atoms with Crippen molar-refractivity contribution in [2.75, 3.05) is 0 Å². The fraction of sp³-hybridized carbons (Fsp3) is 0.412. The summed E-state index contributed by atoms with van der Waals surface area (Å²) in [4.78, 5) is 14.1. The van der Waals surface area contributed by atoms with Gasteiger partial charge in [0.2, 0.25) is 5.56 Å². The molecule has 3 aromatic rings. The molecule has 1 saturated carbocycles. The fourth-order valence-corrected chi connectivity index (χ4v) is 3.29. The Morgan fingerprint density at radius 1 is 1.17 bits per heavy atom. The van der Waals surface area contributed by atoms with E-state index in [-0.39, 0.29) is 5.56 Å². The van der Waals surface area contributed by atoms with Crippen LogP contribution >= 0.6 is 0 Å². The minimum Gasteiger partial charge on any atom is -0.486 e. The van der Waals surface area contributed by atoms with Crippen LogP contribution in [-0.2, 0) is 6.61 Å². The van der Waals surface area contributed by atoms with Crippen molar-refractivity contribution >= 4 is 10.9 Å². The highest BCUT2D eigenvalue weighted by Crippen LogP contribution is 2.28. The van der Waals surface area contributed by atoms with Gasteiger partial charge < -0.3 is 9.72 Å². The zero-order valence-corrected chi connectivity index (χ0v) is 13.3. The van der Waals surface area contributed by atoms with E-state index in [2.05, 4.69) is 20.5 Å². The highest BCUT2D eigenvalue weighted by Gasteiger charge is 2.20. The molecule has 0 spiro atoms. The molecule has 7 heteroatoms. The van der Waals surface area contributed by atoms with E-state index in [1.807, 2.05) is 22.9 Å². The van der Waals surface area contributed by atoms with Gasteiger partial charge in [-0.25, -0.2) is 4.68 Å². The number of hydrogen-bond acceptors (Lipinski definition) is 5. The first-order valence-corrected chi connectivity index (χ1v) is 8.32. The molecule has 124 valence electrons. The van der Waals surface area contributed by atoms with Gasteiger partial charge in [-0.3, -0.25) is 4.79 Å². The zero-order chi connectivity index (χ0) is 16.4. The maximum absolute atomic E-state index is 11.3. The quantitative estimate of drug-likeness (QED) is 0.797. The Balaban J connectivity index is 1.50. The lowest BCUT2D eigenvalue weighted by Gasteiger charge is -2.22. The Hall–Kier alpha value is -2.70. The van der Waals surface area contributed by atoms with Crippen LogP contribution in [-0.4, -0.2) is 25.2 Å². The van der Waals surface area contributed by atoms with Crippen LogP contribution in [0.5, 0.6) is 5.75 Å². The van der Waals surface area contributed by atoms with Crippen LogP contribution in [0.3, 0.4) is 0 Å². The minimum absolute atomic E-state index is 0.108. The topological polar surface area (TPSA) is 85.7 Å². The van der Waals surface area contributed by atoms with Crippen LogP contribution < -0.4 is 10.3 Å². The van der Waals surface area contributed by atoms with Gasteiger partial charge in [0.1, 0.15) is 12.4 Å². The lowest BCUT2D eigenvalue weighted by molar-refractivity contribution is 0.261. The van der Waals surface area contributed by atoms with E-state index in [0.29, 0.717) is 12.6 Å². The molecule has 4 rings (SSSR count). The number of nitrogens with zero attached hydrogens (tertiary/aromatic N) is 4. The third-order valence-corrected chi connectivity index (χ3v) is 4.54. The van der Waals surface area contributed by atoms with Crippen LogP contribution in [0.1, 0.15) is 44.0 Å². The van der Waals surface area contributed by atoms with Gasteiger partial charge in [0.15, 0.2) is 5.82 Å². The molecule has 1 aromatic carbocycles. The number of tetrazole rings is 1. The van der Waals surface area contributed by atoms with Gasteiger partial charge >= 0.3 is 0 Å². The van der Waals surface area contributed by atoms with Crippen molar-refractivity contribution in [3.05, 3.63) is 46.5 Å². The van der Waals surface area contributed by atoms with E-state index in [1.54, 1.807) is 6.07 Å². The van der Waals surface area contributed by atoms with Crippen molar-refractivity contribution < 1.29 is 4.74 Å². The molecular formula is C17H19N5O2. The standard InChI is InChI=1S/C17H19N5O2/c23-17-9-6-12-10-14(7-8-15(12)18-17)24-11-16-19-20-21-22(16)13-4-2-1-3-5-13/h6-10,13H,1-5,11H2,(H,18,23). The number of fused-ring (bicyclic) bond motifs is 1. The summed E-state index contributed by atoms with van der Waals surface area (Å²) < 4.78 is 7.78. The predicted octanol–water partition coefficient (Wildman–Crippen LogP) is 2.60. The van der Waals surface area contributed by atoms with Crippen molar-refractivity contribution in [3.63, 3.8) is 0 Å². The van der Waals surface area contributed by atoms with Crippen molar-refractivity contribution in [2.24, 2.45) is 0 Å². The molecule has 1 aliphatic rings. The molecule has 0 atom stereocenters.